The standard InChI is InChI=1S/C10H16Br2O/c1-6(13-4)9-7(5-8(11)12)10(9,2)3/h5-7,9H,1-4H3. The number of rotatable bonds is 3. The van der Waals surface area contributed by atoms with Gasteiger partial charge in [0.15, 0.2) is 0 Å². The average molecular weight is 312 g/mol. The van der Waals surface area contributed by atoms with E-state index in [1.165, 1.54) is 0 Å². The lowest BCUT2D eigenvalue weighted by Gasteiger charge is -2.09. The molecule has 1 aliphatic carbocycles. The quantitative estimate of drug-likeness (QED) is 0.767. The van der Waals surface area contributed by atoms with Crippen LogP contribution in [0.4, 0.5) is 0 Å². The van der Waals surface area contributed by atoms with Gasteiger partial charge >= 0.3 is 0 Å². The minimum atomic E-state index is 0.343. The van der Waals surface area contributed by atoms with Gasteiger partial charge in [-0.1, -0.05) is 19.9 Å². The van der Waals surface area contributed by atoms with Gasteiger partial charge in [-0.05, 0) is 56.0 Å². The summed E-state index contributed by atoms with van der Waals surface area (Å²) in [5.41, 5.74) is 0.377. The summed E-state index contributed by atoms with van der Waals surface area (Å²) in [5, 5.41) is 0. The third kappa shape index (κ3) is 2.37. The van der Waals surface area contributed by atoms with E-state index in [0.717, 1.165) is 3.39 Å². The van der Waals surface area contributed by atoms with E-state index >= 15 is 0 Å². The zero-order valence-electron chi connectivity index (χ0n) is 8.47. The van der Waals surface area contributed by atoms with Crippen molar-refractivity contribution in [3.8, 4) is 0 Å². The minimum Gasteiger partial charge on any atom is -0.381 e. The van der Waals surface area contributed by atoms with Gasteiger partial charge in [0.25, 0.3) is 0 Å². The van der Waals surface area contributed by atoms with Crippen molar-refractivity contribution in [2.24, 2.45) is 17.3 Å². The maximum atomic E-state index is 5.36. The zero-order valence-corrected chi connectivity index (χ0v) is 11.6. The largest absolute Gasteiger partial charge is 0.381 e. The molecule has 0 amide bonds. The van der Waals surface area contributed by atoms with Crippen molar-refractivity contribution in [3.05, 3.63) is 9.47 Å². The van der Waals surface area contributed by atoms with Crippen molar-refractivity contribution in [2.45, 2.75) is 26.9 Å². The normalized spacial score (nSPS) is 32.5. The Morgan fingerprint density at radius 3 is 2.38 bits per heavy atom. The summed E-state index contributed by atoms with van der Waals surface area (Å²) in [4.78, 5) is 0. The smallest absolute Gasteiger partial charge is 0.0582 e. The fraction of sp³-hybridized carbons (Fsp3) is 0.800. The van der Waals surface area contributed by atoms with Crippen molar-refractivity contribution >= 4 is 31.9 Å². The van der Waals surface area contributed by atoms with Crippen LogP contribution in [0.2, 0.25) is 0 Å². The highest BCUT2D eigenvalue weighted by atomic mass is 79.9. The summed E-state index contributed by atoms with van der Waals surface area (Å²) in [5.74, 6) is 1.26. The average Bonchev–Trinajstić information content (AvgIpc) is 2.51. The SMILES string of the molecule is COC(C)C1C(C=C(Br)Br)C1(C)C. The predicted molar refractivity (Wildman–Crippen MR) is 63.2 cm³/mol. The summed E-state index contributed by atoms with van der Waals surface area (Å²) < 4.78 is 6.41. The van der Waals surface area contributed by atoms with E-state index in [2.05, 4.69) is 58.7 Å². The summed E-state index contributed by atoms with van der Waals surface area (Å²) in [6.07, 6.45) is 2.57. The number of methoxy groups -OCH3 is 1. The molecule has 1 aliphatic rings. The van der Waals surface area contributed by atoms with Crippen LogP contribution >= 0.6 is 31.9 Å². The Hall–Kier alpha value is 0.660. The van der Waals surface area contributed by atoms with Gasteiger partial charge in [0.2, 0.25) is 0 Å². The van der Waals surface area contributed by atoms with Crippen LogP contribution in [0.1, 0.15) is 20.8 Å². The molecular formula is C10H16Br2O. The maximum Gasteiger partial charge on any atom is 0.0582 e. The molecule has 3 unspecified atom stereocenters. The molecule has 0 spiro atoms. The van der Waals surface area contributed by atoms with Crippen LogP contribution in [-0.2, 0) is 4.74 Å². The second-order valence-corrected chi connectivity index (χ2v) is 7.04. The third-order valence-corrected chi connectivity index (χ3v) is 3.71. The molecule has 0 aliphatic heterocycles. The van der Waals surface area contributed by atoms with E-state index < -0.39 is 0 Å². The molecule has 3 atom stereocenters. The van der Waals surface area contributed by atoms with Gasteiger partial charge in [-0.25, -0.2) is 0 Å². The van der Waals surface area contributed by atoms with E-state index in [9.17, 15) is 0 Å². The highest BCUT2D eigenvalue weighted by molar-refractivity contribution is 9.28. The third-order valence-electron chi connectivity index (χ3n) is 3.18. The molecule has 0 heterocycles. The van der Waals surface area contributed by atoms with Crippen molar-refractivity contribution in [2.75, 3.05) is 7.11 Å². The van der Waals surface area contributed by atoms with Crippen molar-refractivity contribution in [1.82, 2.24) is 0 Å². The number of hydrogen-bond acceptors (Lipinski definition) is 1. The van der Waals surface area contributed by atoms with Gasteiger partial charge in [-0.3, -0.25) is 0 Å². The summed E-state index contributed by atoms with van der Waals surface area (Å²) >= 11 is 6.80. The lowest BCUT2D eigenvalue weighted by Crippen LogP contribution is -2.11. The predicted octanol–water partition coefficient (Wildman–Crippen LogP) is 3.92. The molecule has 0 aromatic heterocycles. The Morgan fingerprint density at radius 1 is 1.46 bits per heavy atom. The van der Waals surface area contributed by atoms with Crippen molar-refractivity contribution < 1.29 is 4.74 Å². The molecule has 0 N–H and O–H groups in total. The van der Waals surface area contributed by atoms with Crippen LogP contribution in [-0.4, -0.2) is 13.2 Å². The minimum absolute atomic E-state index is 0.343. The highest BCUT2D eigenvalue weighted by Gasteiger charge is 2.58. The maximum absolute atomic E-state index is 5.36. The lowest BCUT2D eigenvalue weighted by atomic mass is 10.1. The van der Waals surface area contributed by atoms with Crippen LogP contribution < -0.4 is 0 Å². The molecule has 1 saturated carbocycles. The molecule has 0 aromatic rings. The zero-order chi connectivity index (χ0) is 10.2. The summed E-state index contributed by atoms with van der Waals surface area (Å²) in [6.45, 7) is 6.72. The molecular weight excluding hydrogens is 296 g/mol. The molecule has 0 radical (unpaired) electrons. The molecule has 0 saturated heterocycles. The number of halogens is 2. The highest BCUT2D eigenvalue weighted by Crippen LogP contribution is 2.61. The first-order chi connectivity index (χ1) is 5.91. The Labute approximate surface area is 97.2 Å². The van der Waals surface area contributed by atoms with Crippen LogP contribution in [0.15, 0.2) is 9.47 Å². The van der Waals surface area contributed by atoms with Gasteiger partial charge in [-0.15, -0.1) is 0 Å². The van der Waals surface area contributed by atoms with Crippen LogP contribution in [0, 0.1) is 17.3 Å². The lowest BCUT2D eigenvalue weighted by molar-refractivity contribution is 0.0880. The first-order valence-corrected chi connectivity index (χ1v) is 6.05. The number of hydrogen-bond donors (Lipinski definition) is 0. The molecule has 0 bridgehead atoms. The van der Waals surface area contributed by atoms with Crippen molar-refractivity contribution in [3.63, 3.8) is 0 Å². The van der Waals surface area contributed by atoms with Gasteiger partial charge < -0.3 is 4.74 Å². The van der Waals surface area contributed by atoms with Gasteiger partial charge in [0.05, 0.1) is 9.50 Å². The first-order valence-electron chi connectivity index (χ1n) is 4.47. The second kappa shape index (κ2) is 4.03. The molecule has 0 aromatic carbocycles. The van der Waals surface area contributed by atoms with Gasteiger partial charge in [-0.2, -0.15) is 0 Å². The summed E-state index contributed by atoms with van der Waals surface area (Å²) in [7, 11) is 1.78. The Bertz CT molecular complexity index is 219. The molecule has 1 rings (SSSR count). The molecule has 76 valence electrons. The van der Waals surface area contributed by atoms with E-state index in [1.54, 1.807) is 7.11 Å². The Kier molecular flexibility index (Phi) is 3.64. The van der Waals surface area contributed by atoms with Gasteiger partial charge in [0, 0.05) is 7.11 Å². The fourth-order valence-electron chi connectivity index (χ4n) is 2.22. The van der Waals surface area contributed by atoms with E-state index in [4.69, 9.17) is 4.74 Å². The molecule has 3 heteroatoms. The molecule has 13 heavy (non-hydrogen) atoms. The van der Waals surface area contributed by atoms with E-state index in [-0.39, 0.29) is 0 Å². The summed E-state index contributed by atoms with van der Waals surface area (Å²) in [6, 6.07) is 0. The fourth-order valence-corrected chi connectivity index (χ4v) is 2.79. The Morgan fingerprint density at radius 2 is 2.00 bits per heavy atom. The topological polar surface area (TPSA) is 9.23 Å². The second-order valence-electron chi connectivity index (χ2n) is 4.27. The molecule has 1 fully saturated rings. The molecule has 1 nitrogen and oxygen atoms in total. The van der Waals surface area contributed by atoms with E-state index in [1.807, 2.05) is 0 Å². The van der Waals surface area contributed by atoms with E-state index in [0.29, 0.717) is 23.4 Å². The first kappa shape index (κ1) is 11.7. The Balaban J connectivity index is 2.66. The van der Waals surface area contributed by atoms with Crippen LogP contribution in [0.5, 0.6) is 0 Å². The van der Waals surface area contributed by atoms with Crippen LogP contribution in [0.3, 0.4) is 0 Å². The number of allylic oxidation sites excluding steroid dienone is 1. The number of ether oxygens (including phenoxy) is 1. The monoisotopic (exact) mass is 310 g/mol. The van der Waals surface area contributed by atoms with Crippen molar-refractivity contribution in [1.29, 1.82) is 0 Å². The van der Waals surface area contributed by atoms with Gasteiger partial charge in [0.1, 0.15) is 0 Å². The van der Waals surface area contributed by atoms with Crippen LogP contribution in [0.25, 0.3) is 0 Å².